The van der Waals surface area contributed by atoms with E-state index in [0.29, 0.717) is 38.7 Å². The molecule has 0 aromatic rings. The number of nitrogens with zero attached hydrogens (tertiary/aromatic N) is 3. The van der Waals surface area contributed by atoms with Gasteiger partial charge in [0.25, 0.3) is 0 Å². The van der Waals surface area contributed by atoms with E-state index in [0.717, 1.165) is 0 Å². The lowest BCUT2D eigenvalue weighted by Crippen LogP contribution is -2.61. The Kier molecular flexibility index (Phi) is 6.18. The number of hydrogen-bond donors (Lipinski definition) is 2. The number of carbonyl (C=O) groups is 1. The predicted octanol–water partition coefficient (Wildman–Crippen LogP) is -1.51. The van der Waals surface area contributed by atoms with Crippen LogP contribution in [0.1, 0.15) is 13.8 Å². The van der Waals surface area contributed by atoms with Gasteiger partial charge in [-0.25, -0.2) is 8.42 Å². The highest BCUT2D eigenvalue weighted by atomic mass is 32.2. The molecule has 0 aliphatic carbocycles. The summed E-state index contributed by atoms with van der Waals surface area (Å²) < 4.78 is 22.3. The van der Waals surface area contributed by atoms with Crippen LogP contribution in [0.2, 0.25) is 0 Å². The van der Waals surface area contributed by atoms with E-state index >= 15 is 0 Å². The van der Waals surface area contributed by atoms with E-state index < -0.39 is 15.4 Å². The average Bonchev–Trinajstić information content (AvgIpc) is 2.42. The van der Waals surface area contributed by atoms with Crippen molar-refractivity contribution in [3.63, 3.8) is 0 Å². The molecule has 0 unspecified atom stereocenters. The van der Waals surface area contributed by atoms with Gasteiger partial charge in [0.05, 0.1) is 11.3 Å². The van der Waals surface area contributed by atoms with Crippen molar-refractivity contribution in [1.29, 1.82) is 0 Å². The fourth-order valence-electron chi connectivity index (χ4n) is 2.31. The molecule has 1 rings (SSSR count). The summed E-state index contributed by atoms with van der Waals surface area (Å²) in [6.45, 7) is 6.78. The van der Waals surface area contributed by atoms with Crippen molar-refractivity contribution in [1.82, 2.24) is 15.1 Å². The molecular formula is C13H27N5O3S. The molecular weight excluding hydrogens is 306 g/mol. The maximum absolute atomic E-state index is 11.5. The predicted molar refractivity (Wildman–Crippen MR) is 87.5 cm³/mol. The Morgan fingerprint density at radius 3 is 2.23 bits per heavy atom. The van der Waals surface area contributed by atoms with Crippen LogP contribution in [0.25, 0.3) is 0 Å². The lowest BCUT2D eigenvalue weighted by atomic mass is 10.0. The third-order valence-electron chi connectivity index (χ3n) is 3.94. The Morgan fingerprint density at radius 1 is 1.27 bits per heavy atom. The number of nitrogens with one attached hydrogen (secondary N) is 1. The van der Waals surface area contributed by atoms with E-state index in [-0.39, 0.29) is 11.7 Å². The van der Waals surface area contributed by atoms with Crippen LogP contribution in [0.3, 0.4) is 0 Å². The molecule has 0 radical (unpaired) electrons. The van der Waals surface area contributed by atoms with Gasteiger partial charge in [-0.05, 0) is 13.8 Å². The number of carbonyl (C=O) groups excluding carboxylic acids is 1. The quantitative estimate of drug-likeness (QED) is 0.468. The average molecular weight is 333 g/mol. The first-order valence-corrected chi connectivity index (χ1v) is 9.32. The summed E-state index contributed by atoms with van der Waals surface area (Å²) in [6.07, 6.45) is 1.21. The van der Waals surface area contributed by atoms with Crippen LogP contribution in [0.4, 0.5) is 0 Å². The topological polar surface area (TPSA) is 108 Å². The number of hydrogen-bond acceptors (Lipinski definition) is 5. The van der Waals surface area contributed by atoms with Gasteiger partial charge >= 0.3 is 0 Å². The van der Waals surface area contributed by atoms with Crippen molar-refractivity contribution in [2.24, 2.45) is 10.7 Å². The van der Waals surface area contributed by atoms with Gasteiger partial charge in [0.1, 0.15) is 9.84 Å². The SMILES string of the molecule is CN=C(NCCS(C)(=O)=O)N1CCN(C(C)(C)C(N)=O)CC1. The molecule has 1 aliphatic rings. The first-order valence-electron chi connectivity index (χ1n) is 7.26. The molecule has 0 spiro atoms. The van der Waals surface area contributed by atoms with Gasteiger partial charge in [0, 0.05) is 46.0 Å². The Morgan fingerprint density at radius 2 is 1.82 bits per heavy atom. The van der Waals surface area contributed by atoms with Crippen LogP contribution in [0, 0.1) is 0 Å². The van der Waals surface area contributed by atoms with Gasteiger partial charge < -0.3 is 16.0 Å². The first-order chi connectivity index (χ1) is 10.1. The molecule has 1 saturated heterocycles. The highest BCUT2D eigenvalue weighted by Crippen LogP contribution is 2.16. The molecule has 128 valence electrons. The van der Waals surface area contributed by atoms with Crippen LogP contribution in [0.15, 0.2) is 4.99 Å². The molecule has 1 fully saturated rings. The number of primary amides is 1. The number of guanidine groups is 1. The number of amides is 1. The second-order valence-electron chi connectivity index (χ2n) is 6.00. The summed E-state index contributed by atoms with van der Waals surface area (Å²) >= 11 is 0. The third-order valence-corrected chi connectivity index (χ3v) is 4.89. The van der Waals surface area contributed by atoms with Crippen LogP contribution in [-0.2, 0) is 14.6 Å². The first kappa shape index (κ1) is 18.7. The molecule has 3 N–H and O–H groups in total. The fourth-order valence-corrected chi connectivity index (χ4v) is 2.79. The van der Waals surface area contributed by atoms with Gasteiger partial charge in [0.2, 0.25) is 5.91 Å². The maximum atomic E-state index is 11.5. The van der Waals surface area contributed by atoms with Crippen molar-refractivity contribution in [3.05, 3.63) is 0 Å². The van der Waals surface area contributed by atoms with Crippen LogP contribution >= 0.6 is 0 Å². The summed E-state index contributed by atoms with van der Waals surface area (Å²) in [5.74, 6) is 0.414. The summed E-state index contributed by atoms with van der Waals surface area (Å²) in [4.78, 5) is 19.8. The standard InChI is InChI=1S/C13H27N5O3S/c1-13(2,11(14)19)18-8-6-17(7-9-18)12(15-3)16-5-10-22(4,20)21/h5-10H2,1-4H3,(H2,14,19)(H,15,16). The van der Waals surface area contributed by atoms with Gasteiger partial charge in [0.15, 0.2) is 5.96 Å². The monoisotopic (exact) mass is 333 g/mol. The minimum absolute atomic E-state index is 0.0701. The second-order valence-corrected chi connectivity index (χ2v) is 8.26. The van der Waals surface area contributed by atoms with E-state index in [1.807, 2.05) is 13.8 Å². The molecule has 0 bridgehead atoms. The normalized spacial score (nSPS) is 18.4. The molecule has 0 aromatic heterocycles. The Hall–Kier alpha value is -1.35. The highest BCUT2D eigenvalue weighted by molar-refractivity contribution is 7.90. The molecule has 0 saturated carbocycles. The minimum atomic E-state index is -2.99. The zero-order chi connectivity index (χ0) is 17.0. The molecule has 0 atom stereocenters. The van der Waals surface area contributed by atoms with Gasteiger partial charge in [-0.2, -0.15) is 0 Å². The fraction of sp³-hybridized carbons (Fsp3) is 0.846. The second kappa shape index (κ2) is 7.28. The number of sulfone groups is 1. The lowest BCUT2D eigenvalue weighted by Gasteiger charge is -2.43. The zero-order valence-electron chi connectivity index (χ0n) is 13.8. The Balaban J connectivity index is 2.54. The molecule has 1 heterocycles. The van der Waals surface area contributed by atoms with E-state index in [1.165, 1.54) is 6.26 Å². The largest absolute Gasteiger partial charge is 0.368 e. The Labute approximate surface area is 132 Å². The van der Waals surface area contributed by atoms with E-state index in [1.54, 1.807) is 7.05 Å². The third kappa shape index (κ3) is 5.13. The molecule has 1 aliphatic heterocycles. The molecule has 0 aromatic carbocycles. The van der Waals surface area contributed by atoms with Crippen molar-refractivity contribution in [2.45, 2.75) is 19.4 Å². The Bertz CT molecular complexity index is 522. The number of rotatable bonds is 5. The summed E-state index contributed by atoms with van der Waals surface area (Å²) in [5, 5.41) is 3.06. The van der Waals surface area contributed by atoms with Crippen molar-refractivity contribution >= 4 is 21.7 Å². The maximum Gasteiger partial charge on any atom is 0.237 e. The molecule has 9 heteroatoms. The van der Waals surface area contributed by atoms with Crippen molar-refractivity contribution in [2.75, 3.05) is 51.8 Å². The van der Waals surface area contributed by atoms with Crippen LogP contribution in [-0.4, -0.2) is 87.4 Å². The van der Waals surface area contributed by atoms with Crippen LogP contribution < -0.4 is 11.1 Å². The number of aliphatic imine (C=N–C) groups is 1. The molecule has 8 nitrogen and oxygen atoms in total. The number of piperazine rings is 1. The van der Waals surface area contributed by atoms with Crippen molar-refractivity contribution in [3.8, 4) is 0 Å². The summed E-state index contributed by atoms with van der Waals surface area (Å²) in [7, 11) is -1.32. The van der Waals surface area contributed by atoms with Gasteiger partial charge in [-0.3, -0.25) is 14.7 Å². The van der Waals surface area contributed by atoms with Gasteiger partial charge in [-0.1, -0.05) is 0 Å². The van der Waals surface area contributed by atoms with E-state index in [2.05, 4.69) is 20.1 Å². The van der Waals surface area contributed by atoms with E-state index in [4.69, 9.17) is 5.73 Å². The number of nitrogens with two attached hydrogens (primary N) is 1. The molecule has 22 heavy (non-hydrogen) atoms. The lowest BCUT2D eigenvalue weighted by molar-refractivity contribution is -0.129. The van der Waals surface area contributed by atoms with Crippen LogP contribution in [0.5, 0.6) is 0 Å². The zero-order valence-corrected chi connectivity index (χ0v) is 14.6. The van der Waals surface area contributed by atoms with Gasteiger partial charge in [-0.15, -0.1) is 0 Å². The van der Waals surface area contributed by atoms with Crippen molar-refractivity contribution < 1.29 is 13.2 Å². The molecule has 1 amide bonds. The highest BCUT2D eigenvalue weighted by Gasteiger charge is 2.35. The minimum Gasteiger partial charge on any atom is -0.368 e. The smallest absolute Gasteiger partial charge is 0.237 e. The summed E-state index contributed by atoms with van der Waals surface area (Å²) in [6, 6.07) is 0. The summed E-state index contributed by atoms with van der Waals surface area (Å²) in [5.41, 5.74) is 4.77. The van der Waals surface area contributed by atoms with E-state index in [9.17, 15) is 13.2 Å².